The van der Waals surface area contributed by atoms with Crippen LogP contribution in [-0.2, 0) is 16.0 Å². The lowest BCUT2D eigenvalue weighted by atomic mass is 10.1. The highest BCUT2D eigenvalue weighted by Gasteiger charge is 2.10. The number of amides is 2. The molecule has 0 radical (unpaired) electrons. The SMILES string of the molecule is Cc1cc(C)c(NC(=O)CCNC(=O)Cc2ccccc2)c(Cl)c1. The number of hydrogen-bond donors (Lipinski definition) is 2. The summed E-state index contributed by atoms with van der Waals surface area (Å²) in [4.78, 5) is 23.9. The van der Waals surface area contributed by atoms with Gasteiger partial charge < -0.3 is 10.6 Å². The Morgan fingerprint density at radius 2 is 1.75 bits per heavy atom. The third-order valence-corrected chi connectivity index (χ3v) is 3.88. The molecule has 0 unspecified atom stereocenters. The van der Waals surface area contributed by atoms with Gasteiger partial charge in [0.05, 0.1) is 17.1 Å². The smallest absolute Gasteiger partial charge is 0.226 e. The molecule has 0 fully saturated rings. The van der Waals surface area contributed by atoms with Crippen molar-refractivity contribution < 1.29 is 9.59 Å². The Morgan fingerprint density at radius 1 is 1.04 bits per heavy atom. The van der Waals surface area contributed by atoms with Gasteiger partial charge in [-0.2, -0.15) is 0 Å². The molecule has 2 rings (SSSR count). The molecule has 0 bridgehead atoms. The molecular weight excluding hydrogens is 324 g/mol. The number of carbonyl (C=O) groups is 2. The Hall–Kier alpha value is -2.33. The van der Waals surface area contributed by atoms with Gasteiger partial charge in [-0.3, -0.25) is 9.59 Å². The van der Waals surface area contributed by atoms with Gasteiger partial charge in [-0.25, -0.2) is 0 Å². The molecule has 126 valence electrons. The average Bonchev–Trinajstić information content (AvgIpc) is 2.52. The first-order chi connectivity index (χ1) is 11.5. The van der Waals surface area contributed by atoms with Crippen LogP contribution >= 0.6 is 11.6 Å². The Labute approximate surface area is 147 Å². The molecule has 5 heteroatoms. The molecule has 0 heterocycles. The highest BCUT2D eigenvalue weighted by atomic mass is 35.5. The maximum absolute atomic E-state index is 12.0. The zero-order chi connectivity index (χ0) is 17.5. The Kier molecular flexibility index (Phi) is 6.38. The third-order valence-electron chi connectivity index (χ3n) is 3.58. The van der Waals surface area contributed by atoms with Crippen LogP contribution in [-0.4, -0.2) is 18.4 Å². The number of carbonyl (C=O) groups excluding carboxylic acids is 2. The van der Waals surface area contributed by atoms with Gasteiger partial charge in [0, 0.05) is 13.0 Å². The van der Waals surface area contributed by atoms with Crippen molar-refractivity contribution in [1.82, 2.24) is 5.32 Å². The van der Waals surface area contributed by atoms with Crippen molar-refractivity contribution in [2.45, 2.75) is 26.7 Å². The fourth-order valence-corrected chi connectivity index (χ4v) is 2.80. The van der Waals surface area contributed by atoms with Crippen molar-refractivity contribution in [3.05, 3.63) is 64.2 Å². The number of halogens is 1. The van der Waals surface area contributed by atoms with Gasteiger partial charge >= 0.3 is 0 Å². The van der Waals surface area contributed by atoms with E-state index in [1.807, 2.05) is 56.3 Å². The molecule has 0 atom stereocenters. The number of benzene rings is 2. The van der Waals surface area contributed by atoms with E-state index < -0.39 is 0 Å². The van der Waals surface area contributed by atoms with E-state index in [1.165, 1.54) is 0 Å². The molecule has 0 aliphatic heterocycles. The summed E-state index contributed by atoms with van der Waals surface area (Å²) in [5.74, 6) is -0.276. The van der Waals surface area contributed by atoms with Gasteiger partial charge in [-0.15, -0.1) is 0 Å². The summed E-state index contributed by atoms with van der Waals surface area (Å²) in [6.45, 7) is 4.14. The molecule has 0 aromatic heterocycles. The van der Waals surface area contributed by atoms with Crippen LogP contribution < -0.4 is 10.6 Å². The van der Waals surface area contributed by atoms with E-state index in [0.717, 1.165) is 16.7 Å². The lowest BCUT2D eigenvalue weighted by Crippen LogP contribution is -2.29. The monoisotopic (exact) mass is 344 g/mol. The summed E-state index contributed by atoms with van der Waals surface area (Å²) >= 11 is 6.17. The van der Waals surface area contributed by atoms with Crippen LogP contribution in [0.15, 0.2) is 42.5 Å². The summed E-state index contributed by atoms with van der Waals surface area (Å²) in [7, 11) is 0. The normalized spacial score (nSPS) is 10.3. The molecule has 0 saturated carbocycles. The molecule has 0 aliphatic carbocycles. The molecule has 2 N–H and O–H groups in total. The summed E-state index contributed by atoms with van der Waals surface area (Å²) in [6, 6.07) is 13.3. The van der Waals surface area contributed by atoms with Crippen LogP contribution in [0.1, 0.15) is 23.1 Å². The van der Waals surface area contributed by atoms with E-state index in [2.05, 4.69) is 10.6 Å². The van der Waals surface area contributed by atoms with Crippen molar-refractivity contribution >= 4 is 29.1 Å². The Morgan fingerprint density at radius 3 is 2.42 bits per heavy atom. The zero-order valence-electron chi connectivity index (χ0n) is 13.9. The minimum Gasteiger partial charge on any atom is -0.355 e. The minimum absolute atomic E-state index is 0.0986. The Balaban J connectivity index is 1.78. The molecule has 2 aromatic rings. The summed E-state index contributed by atoms with van der Waals surface area (Å²) < 4.78 is 0. The van der Waals surface area contributed by atoms with E-state index in [4.69, 9.17) is 11.6 Å². The second kappa shape index (κ2) is 8.50. The van der Waals surface area contributed by atoms with E-state index in [0.29, 0.717) is 23.7 Å². The fourth-order valence-electron chi connectivity index (χ4n) is 2.44. The Bertz CT molecular complexity index is 706. The largest absolute Gasteiger partial charge is 0.355 e. The zero-order valence-corrected chi connectivity index (χ0v) is 14.6. The number of aryl methyl sites for hydroxylation is 2. The molecular formula is C19H21ClN2O2. The van der Waals surface area contributed by atoms with Crippen LogP contribution in [0.25, 0.3) is 0 Å². The van der Waals surface area contributed by atoms with Gasteiger partial charge in [-0.05, 0) is 36.6 Å². The van der Waals surface area contributed by atoms with Gasteiger partial charge in [0.25, 0.3) is 0 Å². The molecule has 0 saturated heterocycles. The highest BCUT2D eigenvalue weighted by molar-refractivity contribution is 6.34. The second-order valence-corrected chi connectivity index (χ2v) is 6.16. The number of rotatable bonds is 6. The third kappa shape index (κ3) is 5.39. The van der Waals surface area contributed by atoms with Gasteiger partial charge in [-0.1, -0.05) is 48.0 Å². The van der Waals surface area contributed by atoms with Crippen molar-refractivity contribution in [3.63, 3.8) is 0 Å². The van der Waals surface area contributed by atoms with Crippen LogP contribution in [0.2, 0.25) is 5.02 Å². The number of anilines is 1. The van der Waals surface area contributed by atoms with Gasteiger partial charge in [0.2, 0.25) is 11.8 Å². The quantitative estimate of drug-likeness (QED) is 0.840. The maximum atomic E-state index is 12.0. The molecule has 0 spiro atoms. The second-order valence-electron chi connectivity index (χ2n) is 5.75. The van der Waals surface area contributed by atoms with Gasteiger partial charge in [0.1, 0.15) is 0 Å². The molecule has 0 aliphatic rings. The van der Waals surface area contributed by atoms with Crippen LogP contribution in [0.3, 0.4) is 0 Å². The molecule has 24 heavy (non-hydrogen) atoms. The predicted molar refractivity (Wildman–Crippen MR) is 97.3 cm³/mol. The first kappa shape index (κ1) is 18.0. The summed E-state index contributed by atoms with van der Waals surface area (Å²) in [5.41, 5.74) is 3.54. The lowest BCUT2D eigenvalue weighted by molar-refractivity contribution is -0.120. The molecule has 2 aromatic carbocycles. The highest BCUT2D eigenvalue weighted by Crippen LogP contribution is 2.27. The topological polar surface area (TPSA) is 58.2 Å². The number of nitrogens with one attached hydrogen (secondary N) is 2. The fraction of sp³-hybridized carbons (Fsp3) is 0.263. The van der Waals surface area contributed by atoms with Crippen LogP contribution in [0.4, 0.5) is 5.69 Å². The summed E-state index contributed by atoms with van der Waals surface area (Å²) in [6.07, 6.45) is 0.509. The van der Waals surface area contributed by atoms with Crippen LogP contribution in [0.5, 0.6) is 0 Å². The predicted octanol–water partition coefficient (Wildman–Crippen LogP) is 3.64. The van der Waals surface area contributed by atoms with Crippen molar-refractivity contribution in [2.75, 3.05) is 11.9 Å². The van der Waals surface area contributed by atoms with Crippen molar-refractivity contribution in [1.29, 1.82) is 0 Å². The lowest BCUT2D eigenvalue weighted by Gasteiger charge is -2.12. The van der Waals surface area contributed by atoms with Crippen LogP contribution in [0, 0.1) is 13.8 Å². The maximum Gasteiger partial charge on any atom is 0.226 e. The first-order valence-corrected chi connectivity index (χ1v) is 8.20. The minimum atomic E-state index is -0.177. The van der Waals surface area contributed by atoms with E-state index in [1.54, 1.807) is 0 Å². The van der Waals surface area contributed by atoms with E-state index in [9.17, 15) is 9.59 Å². The standard InChI is InChI=1S/C19H21ClN2O2/c1-13-10-14(2)19(16(20)11-13)22-17(23)8-9-21-18(24)12-15-6-4-3-5-7-15/h3-7,10-11H,8-9,12H2,1-2H3,(H,21,24)(H,22,23). The van der Waals surface area contributed by atoms with Gasteiger partial charge in [0.15, 0.2) is 0 Å². The van der Waals surface area contributed by atoms with E-state index >= 15 is 0 Å². The molecule has 2 amide bonds. The van der Waals surface area contributed by atoms with Crippen molar-refractivity contribution in [2.24, 2.45) is 0 Å². The van der Waals surface area contributed by atoms with E-state index in [-0.39, 0.29) is 18.2 Å². The van der Waals surface area contributed by atoms with Crippen molar-refractivity contribution in [3.8, 4) is 0 Å². The number of hydrogen-bond acceptors (Lipinski definition) is 2. The average molecular weight is 345 g/mol. The summed E-state index contributed by atoms with van der Waals surface area (Å²) in [5, 5.41) is 6.08. The molecule has 4 nitrogen and oxygen atoms in total. The first-order valence-electron chi connectivity index (χ1n) is 7.83.